The summed E-state index contributed by atoms with van der Waals surface area (Å²) in [5.41, 5.74) is 2.98. The van der Waals surface area contributed by atoms with Gasteiger partial charge in [0.15, 0.2) is 0 Å². The number of carbonyl (C=O) groups excluding carboxylic acids is 1. The Hall–Kier alpha value is -2.19. The lowest BCUT2D eigenvalue weighted by Gasteiger charge is -2.13. The second-order valence-electron chi connectivity index (χ2n) is 7.92. The summed E-state index contributed by atoms with van der Waals surface area (Å²) in [6.07, 6.45) is 8.97. The predicted molar refractivity (Wildman–Crippen MR) is 119 cm³/mol. The van der Waals surface area contributed by atoms with Crippen LogP contribution in [-0.2, 0) is 27.8 Å². The largest absolute Gasteiger partial charge is 0.356 e. The number of hydrogen-bond donors (Lipinski definition) is 1. The fourth-order valence-electron chi connectivity index (χ4n) is 3.88. The summed E-state index contributed by atoms with van der Waals surface area (Å²) in [5.74, 6) is 0.828. The molecule has 0 saturated heterocycles. The standard InChI is InChI=1S/C22H32N4O3S/c1-4-26-20-11-10-18(30(28,29)25(2)3)16-19(20)24-21(26)12-13-22(27)23-15-14-17-8-6-5-7-9-17/h8,10-11,16H,4-7,9,12-15H2,1-3H3,(H,23,27). The van der Waals surface area contributed by atoms with Crippen LogP contribution in [0.1, 0.15) is 51.3 Å². The number of amides is 1. The van der Waals surface area contributed by atoms with Crippen LogP contribution in [-0.4, -0.2) is 48.8 Å². The Morgan fingerprint density at radius 3 is 2.70 bits per heavy atom. The van der Waals surface area contributed by atoms with Gasteiger partial charge in [-0.05, 0) is 57.2 Å². The highest BCUT2D eigenvalue weighted by Gasteiger charge is 2.19. The molecule has 0 fully saturated rings. The molecule has 0 aliphatic heterocycles. The van der Waals surface area contributed by atoms with Crippen LogP contribution < -0.4 is 5.32 Å². The average Bonchev–Trinajstić information content (AvgIpc) is 3.09. The normalized spacial score (nSPS) is 14.9. The van der Waals surface area contributed by atoms with Crippen molar-refractivity contribution in [1.29, 1.82) is 0 Å². The van der Waals surface area contributed by atoms with E-state index >= 15 is 0 Å². The van der Waals surface area contributed by atoms with Crippen molar-refractivity contribution in [2.24, 2.45) is 0 Å². The molecular weight excluding hydrogens is 400 g/mol. The first-order valence-electron chi connectivity index (χ1n) is 10.7. The highest BCUT2D eigenvalue weighted by atomic mass is 32.2. The number of fused-ring (bicyclic) bond motifs is 1. The van der Waals surface area contributed by atoms with E-state index in [9.17, 15) is 13.2 Å². The highest BCUT2D eigenvalue weighted by molar-refractivity contribution is 7.89. The van der Waals surface area contributed by atoms with E-state index in [2.05, 4.69) is 16.4 Å². The van der Waals surface area contributed by atoms with Crippen molar-refractivity contribution in [3.05, 3.63) is 35.7 Å². The first-order chi connectivity index (χ1) is 14.3. The molecule has 1 N–H and O–H groups in total. The number of aromatic nitrogens is 2. The molecule has 3 rings (SSSR count). The highest BCUT2D eigenvalue weighted by Crippen LogP contribution is 2.23. The fourth-order valence-corrected chi connectivity index (χ4v) is 4.80. The molecule has 0 spiro atoms. The fraction of sp³-hybridized carbons (Fsp3) is 0.545. The molecule has 1 aromatic carbocycles. The SMILES string of the molecule is CCn1c(CCC(=O)NCCC2=CCCCC2)nc2cc(S(=O)(=O)N(C)C)ccc21. The number of sulfonamides is 1. The summed E-state index contributed by atoms with van der Waals surface area (Å²) in [4.78, 5) is 17.1. The molecule has 0 radical (unpaired) electrons. The van der Waals surface area contributed by atoms with E-state index in [0.29, 0.717) is 31.4 Å². The van der Waals surface area contributed by atoms with Crippen molar-refractivity contribution < 1.29 is 13.2 Å². The second kappa shape index (κ2) is 9.75. The third-order valence-electron chi connectivity index (χ3n) is 5.62. The van der Waals surface area contributed by atoms with Crippen LogP contribution in [0.15, 0.2) is 34.7 Å². The molecule has 7 nitrogen and oxygen atoms in total. The number of nitrogens with zero attached hydrogens (tertiary/aromatic N) is 3. The molecule has 1 amide bonds. The lowest BCUT2D eigenvalue weighted by atomic mass is 9.97. The Labute approximate surface area is 179 Å². The Balaban J connectivity index is 1.65. The van der Waals surface area contributed by atoms with E-state index in [-0.39, 0.29) is 10.8 Å². The van der Waals surface area contributed by atoms with Gasteiger partial charge in [-0.2, -0.15) is 0 Å². The minimum Gasteiger partial charge on any atom is -0.356 e. The summed E-state index contributed by atoms with van der Waals surface area (Å²) in [6.45, 7) is 3.41. The maximum Gasteiger partial charge on any atom is 0.242 e. The second-order valence-corrected chi connectivity index (χ2v) is 10.1. The maximum absolute atomic E-state index is 12.4. The number of aryl methyl sites for hydroxylation is 2. The van der Waals surface area contributed by atoms with Crippen LogP contribution in [0, 0.1) is 0 Å². The molecule has 0 atom stereocenters. The molecule has 1 aliphatic carbocycles. The van der Waals surface area contributed by atoms with Crippen LogP contribution >= 0.6 is 0 Å². The molecule has 164 valence electrons. The monoisotopic (exact) mass is 432 g/mol. The van der Waals surface area contributed by atoms with Crippen molar-refractivity contribution >= 4 is 27.0 Å². The molecular formula is C22H32N4O3S. The number of allylic oxidation sites excluding steroid dienone is 1. The van der Waals surface area contributed by atoms with Crippen LogP contribution in [0.25, 0.3) is 11.0 Å². The number of hydrogen-bond acceptors (Lipinski definition) is 4. The van der Waals surface area contributed by atoms with Crippen molar-refractivity contribution in [2.45, 2.75) is 63.3 Å². The third-order valence-corrected chi connectivity index (χ3v) is 7.43. The molecule has 0 saturated carbocycles. The Kier molecular flexibility index (Phi) is 7.31. The van der Waals surface area contributed by atoms with Gasteiger partial charge in [0.2, 0.25) is 15.9 Å². The van der Waals surface area contributed by atoms with Crippen molar-refractivity contribution in [3.8, 4) is 0 Å². The molecule has 30 heavy (non-hydrogen) atoms. The Morgan fingerprint density at radius 2 is 2.03 bits per heavy atom. The molecule has 0 unspecified atom stereocenters. The lowest BCUT2D eigenvalue weighted by Crippen LogP contribution is -2.25. The first-order valence-corrected chi connectivity index (χ1v) is 12.1. The van der Waals surface area contributed by atoms with Crippen LogP contribution in [0.5, 0.6) is 0 Å². The molecule has 0 bridgehead atoms. The third kappa shape index (κ3) is 5.10. The van der Waals surface area contributed by atoms with E-state index in [1.807, 2.05) is 11.5 Å². The van der Waals surface area contributed by atoms with Gasteiger partial charge >= 0.3 is 0 Å². The van der Waals surface area contributed by atoms with E-state index in [1.54, 1.807) is 18.2 Å². The summed E-state index contributed by atoms with van der Waals surface area (Å²) < 4.78 is 28.0. The Morgan fingerprint density at radius 1 is 1.23 bits per heavy atom. The zero-order valence-electron chi connectivity index (χ0n) is 18.1. The average molecular weight is 433 g/mol. The molecule has 1 heterocycles. The summed E-state index contributed by atoms with van der Waals surface area (Å²) in [5, 5.41) is 3.01. The molecule has 1 aromatic heterocycles. The molecule has 2 aromatic rings. The van der Waals surface area contributed by atoms with Crippen molar-refractivity contribution in [1.82, 2.24) is 19.2 Å². The zero-order chi connectivity index (χ0) is 21.7. The topological polar surface area (TPSA) is 84.3 Å². The van der Waals surface area contributed by atoms with Crippen LogP contribution in [0.2, 0.25) is 0 Å². The number of imidazole rings is 1. The maximum atomic E-state index is 12.4. The predicted octanol–water partition coefficient (Wildman–Crippen LogP) is 3.25. The Bertz CT molecular complexity index is 1040. The van der Waals surface area contributed by atoms with Crippen LogP contribution in [0.4, 0.5) is 0 Å². The van der Waals surface area contributed by atoms with E-state index < -0.39 is 10.0 Å². The van der Waals surface area contributed by atoms with Gasteiger partial charge in [0.05, 0.1) is 15.9 Å². The van der Waals surface area contributed by atoms with E-state index in [0.717, 1.165) is 30.6 Å². The van der Waals surface area contributed by atoms with E-state index in [1.165, 1.54) is 36.8 Å². The van der Waals surface area contributed by atoms with Gasteiger partial charge in [0, 0.05) is 40.0 Å². The van der Waals surface area contributed by atoms with Gasteiger partial charge in [-0.25, -0.2) is 17.7 Å². The number of carbonyl (C=O) groups is 1. The van der Waals surface area contributed by atoms with Gasteiger partial charge in [0.25, 0.3) is 0 Å². The van der Waals surface area contributed by atoms with Crippen LogP contribution in [0.3, 0.4) is 0 Å². The number of benzene rings is 1. The minimum absolute atomic E-state index is 0.0250. The minimum atomic E-state index is -3.51. The lowest BCUT2D eigenvalue weighted by molar-refractivity contribution is -0.121. The van der Waals surface area contributed by atoms with Gasteiger partial charge in [-0.1, -0.05) is 11.6 Å². The summed E-state index contributed by atoms with van der Waals surface area (Å²) in [6, 6.07) is 5.02. The van der Waals surface area contributed by atoms with Crippen molar-refractivity contribution in [3.63, 3.8) is 0 Å². The first kappa shape index (κ1) is 22.5. The number of rotatable bonds is 9. The van der Waals surface area contributed by atoms with Gasteiger partial charge in [-0.15, -0.1) is 0 Å². The smallest absolute Gasteiger partial charge is 0.242 e. The van der Waals surface area contributed by atoms with Gasteiger partial charge < -0.3 is 9.88 Å². The zero-order valence-corrected chi connectivity index (χ0v) is 19.0. The van der Waals surface area contributed by atoms with Gasteiger partial charge in [0.1, 0.15) is 5.82 Å². The molecule has 8 heteroatoms. The van der Waals surface area contributed by atoms with Crippen molar-refractivity contribution in [2.75, 3.05) is 20.6 Å². The summed E-state index contributed by atoms with van der Waals surface area (Å²) >= 11 is 0. The van der Waals surface area contributed by atoms with Gasteiger partial charge in [-0.3, -0.25) is 4.79 Å². The number of nitrogens with one attached hydrogen (secondary N) is 1. The summed E-state index contributed by atoms with van der Waals surface area (Å²) in [7, 11) is -0.483. The quantitative estimate of drug-likeness (QED) is 0.617. The van der Waals surface area contributed by atoms with E-state index in [4.69, 9.17) is 0 Å². The molecule has 1 aliphatic rings.